The van der Waals surface area contributed by atoms with E-state index >= 15 is 0 Å². The molecule has 1 amide bonds. The molecule has 2 unspecified atom stereocenters. The number of hydrogen-bond donors (Lipinski definition) is 3. The first-order valence-corrected chi connectivity index (χ1v) is 37.4. The number of aliphatic hydroxyl groups is 2. The molecule has 0 aromatic carbocycles. The molecule has 0 aromatic heterocycles. The molecular formula is C77H145NO5. The second kappa shape index (κ2) is 72.3. The van der Waals surface area contributed by atoms with Crippen LogP contribution in [0.3, 0.4) is 0 Å². The van der Waals surface area contributed by atoms with Gasteiger partial charge in [0.15, 0.2) is 0 Å². The summed E-state index contributed by atoms with van der Waals surface area (Å²) in [5, 5.41) is 23.3. The number of hydrogen-bond acceptors (Lipinski definition) is 5. The van der Waals surface area contributed by atoms with Gasteiger partial charge in [0, 0.05) is 12.8 Å². The number of amides is 1. The molecule has 2 atom stereocenters. The van der Waals surface area contributed by atoms with Crippen LogP contribution in [0.4, 0.5) is 0 Å². The Balaban J connectivity index is 3.40. The van der Waals surface area contributed by atoms with Crippen molar-refractivity contribution in [3.63, 3.8) is 0 Å². The highest BCUT2D eigenvalue weighted by atomic mass is 16.5. The number of ether oxygens (including phenoxy) is 1. The van der Waals surface area contributed by atoms with Crippen molar-refractivity contribution in [2.24, 2.45) is 0 Å². The lowest BCUT2D eigenvalue weighted by atomic mass is 10.0. The highest BCUT2D eigenvalue weighted by Gasteiger charge is 2.18. The van der Waals surface area contributed by atoms with Crippen LogP contribution in [0.1, 0.15) is 406 Å². The standard InChI is InChI=1S/C77H145NO5/c1-3-5-7-9-11-13-15-17-19-21-22-35-38-41-45-49-53-57-61-65-69-75(80)74(73-79)78-76(81)70-66-62-58-54-50-46-42-39-36-33-31-29-27-25-23-24-26-28-30-32-34-37-40-44-48-52-56-60-64-68-72-83-77(82)71-67-63-59-55-51-47-43-20-18-16-14-12-10-8-6-4-2/h14,16,20,24,26,43,65,69,74-75,79-80H,3-13,15,17-19,21-23,25,27-42,44-64,66-68,70-73H2,1-2H3,(H,78,81)/b16-14-,26-24-,43-20-,69-65+. The van der Waals surface area contributed by atoms with Gasteiger partial charge in [-0.15, -0.1) is 0 Å². The molecule has 0 bridgehead atoms. The Morgan fingerprint density at radius 1 is 0.337 bits per heavy atom. The molecule has 0 spiro atoms. The van der Waals surface area contributed by atoms with Crippen molar-refractivity contribution in [3.05, 3.63) is 48.6 Å². The van der Waals surface area contributed by atoms with Crippen molar-refractivity contribution in [3.8, 4) is 0 Å². The van der Waals surface area contributed by atoms with Gasteiger partial charge in [0.05, 0.1) is 25.4 Å². The molecular weight excluding hydrogens is 1020 g/mol. The Bertz CT molecular complexity index is 1390. The minimum Gasteiger partial charge on any atom is -0.466 e. The number of nitrogens with one attached hydrogen (secondary N) is 1. The van der Waals surface area contributed by atoms with Crippen molar-refractivity contribution >= 4 is 11.9 Å². The summed E-state index contributed by atoms with van der Waals surface area (Å²) in [6.07, 6.45) is 94.9. The van der Waals surface area contributed by atoms with Gasteiger partial charge in [-0.25, -0.2) is 0 Å². The molecule has 0 saturated heterocycles. The monoisotopic (exact) mass is 1160 g/mol. The Hall–Kier alpha value is -2.18. The van der Waals surface area contributed by atoms with E-state index in [-0.39, 0.29) is 18.5 Å². The number of carbonyl (C=O) groups is 2. The van der Waals surface area contributed by atoms with Crippen LogP contribution in [0.2, 0.25) is 0 Å². The summed E-state index contributed by atoms with van der Waals surface area (Å²) in [6, 6.07) is -0.628. The predicted octanol–water partition coefficient (Wildman–Crippen LogP) is 24.4. The summed E-state index contributed by atoms with van der Waals surface area (Å²) in [4.78, 5) is 24.6. The van der Waals surface area contributed by atoms with Gasteiger partial charge in [0.1, 0.15) is 0 Å². The molecule has 0 radical (unpaired) electrons. The lowest BCUT2D eigenvalue weighted by Crippen LogP contribution is -2.45. The molecule has 0 aliphatic rings. The Morgan fingerprint density at radius 2 is 0.602 bits per heavy atom. The molecule has 0 aliphatic carbocycles. The van der Waals surface area contributed by atoms with E-state index in [1.54, 1.807) is 6.08 Å². The summed E-state index contributed by atoms with van der Waals surface area (Å²) in [6.45, 7) is 4.92. The molecule has 0 heterocycles. The van der Waals surface area contributed by atoms with E-state index in [0.717, 1.165) is 51.4 Å². The number of unbranched alkanes of at least 4 members (excludes halogenated alkanes) is 53. The van der Waals surface area contributed by atoms with Crippen LogP contribution in [0.15, 0.2) is 48.6 Å². The minimum atomic E-state index is -0.845. The van der Waals surface area contributed by atoms with Gasteiger partial charge in [-0.1, -0.05) is 351 Å². The number of allylic oxidation sites excluding steroid dienone is 7. The summed E-state index contributed by atoms with van der Waals surface area (Å²) in [7, 11) is 0. The van der Waals surface area contributed by atoms with Gasteiger partial charge in [0.2, 0.25) is 5.91 Å². The SMILES string of the molecule is CCCCCC/C=C\C/C=C\CCCCCCCC(=O)OCCCCCCCCCCCCCC/C=C\CCCCCCCCCCCCCCCCC(=O)NC(CO)C(O)/C=C/CCCCCCCCCCCCCCCCCCCC. The Kier molecular flexibility index (Phi) is 70.4. The average Bonchev–Trinajstić information content (AvgIpc) is 3.48. The van der Waals surface area contributed by atoms with Crippen molar-refractivity contribution in [1.82, 2.24) is 5.32 Å². The zero-order chi connectivity index (χ0) is 59.9. The highest BCUT2D eigenvalue weighted by molar-refractivity contribution is 5.76. The molecule has 83 heavy (non-hydrogen) atoms. The van der Waals surface area contributed by atoms with E-state index in [1.807, 2.05) is 6.08 Å². The summed E-state index contributed by atoms with van der Waals surface area (Å²) in [5.74, 6) is -0.0595. The third-order valence-electron chi connectivity index (χ3n) is 17.3. The van der Waals surface area contributed by atoms with Crippen LogP contribution in [0.5, 0.6) is 0 Å². The number of carbonyl (C=O) groups excluding carboxylic acids is 2. The van der Waals surface area contributed by atoms with E-state index in [1.165, 1.54) is 327 Å². The van der Waals surface area contributed by atoms with Crippen molar-refractivity contribution < 1.29 is 24.5 Å². The first kappa shape index (κ1) is 80.8. The number of esters is 1. The molecule has 0 aromatic rings. The lowest BCUT2D eigenvalue weighted by Gasteiger charge is -2.20. The molecule has 0 aliphatic heterocycles. The molecule has 0 saturated carbocycles. The van der Waals surface area contributed by atoms with Crippen LogP contribution in [0, 0.1) is 0 Å². The van der Waals surface area contributed by atoms with Gasteiger partial charge < -0.3 is 20.3 Å². The predicted molar refractivity (Wildman–Crippen MR) is 366 cm³/mol. The highest BCUT2D eigenvalue weighted by Crippen LogP contribution is 2.19. The van der Waals surface area contributed by atoms with Crippen LogP contribution < -0.4 is 5.32 Å². The summed E-state index contributed by atoms with van der Waals surface area (Å²) >= 11 is 0. The van der Waals surface area contributed by atoms with Crippen molar-refractivity contribution in [2.75, 3.05) is 13.2 Å². The van der Waals surface area contributed by atoms with Gasteiger partial charge in [-0.05, 0) is 89.9 Å². The average molecular weight is 1170 g/mol. The molecule has 6 heteroatoms. The fourth-order valence-corrected chi connectivity index (χ4v) is 11.6. The molecule has 0 rings (SSSR count). The topological polar surface area (TPSA) is 95.9 Å². The number of aliphatic hydroxyl groups excluding tert-OH is 2. The van der Waals surface area contributed by atoms with Gasteiger partial charge in [-0.2, -0.15) is 0 Å². The zero-order valence-electron chi connectivity index (χ0n) is 55.9. The molecule has 6 nitrogen and oxygen atoms in total. The lowest BCUT2D eigenvalue weighted by molar-refractivity contribution is -0.143. The minimum absolute atomic E-state index is 0.00360. The smallest absolute Gasteiger partial charge is 0.305 e. The van der Waals surface area contributed by atoms with Crippen LogP contribution in [-0.2, 0) is 14.3 Å². The van der Waals surface area contributed by atoms with Crippen LogP contribution >= 0.6 is 0 Å². The Morgan fingerprint density at radius 3 is 0.940 bits per heavy atom. The fourth-order valence-electron chi connectivity index (χ4n) is 11.6. The van der Waals surface area contributed by atoms with Gasteiger partial charge in [-0.3, -0.25) is 9.59 Å². The Labute approximate surface area is 518 Å². The van der Waals surface area contributed by atoms with E-state index < -0.39 is 12.1 Å². The first-order valence-electron chi connectivity index (χ1n) is 37.4. The molecule has 3 N–H and O–H groups in total. The number of rotatable bonds is 70. The van der Waals surface area contributed by atoms with E-state index in [9.17, 15) is 19.8 Å². The maximum absolute atomic E-state index is 12.5. The molecule has 488 valence electrons. The fraction of sp³-hybridized carbons (Fsp3) is 0.870. The normalized spacial score (nSPS) is 12.8. The second-order valence-electron chi connectivity index (χ2n) is 25.6. The van der Waals surface area contributed by atoms with Crippen LogP contribution in [-0.4, -0.2) is 47.4 Å². The van der Waals surface area contributed by atoms with E-state index in [2.05, 4.69) is 55.6 Å². The van der Waals surface area contributed by atoms with E-state index in [4.69, 9.17) is 4.74 Å². The van der Waals surface area contributed by atoms with E-state index in [0.29, 0.717) is 19.4 Å². The van der Waals surface area contributed by atoms with Crippen LogP contribution in [0.25, 0.3) is 0 Å². The van der Waals surface area contributed by atoms with Gasteiger partial charge in [0.25, 0.3) is 0 Å². The third-order valence-corrected chi connectivity index (χ3v) is 17.3. The summed E-state index contributed by atoms with van der Waals surface area (Å²) < 4.78 is 5.49. The summed E-state index contributed by atoms with van der Waals surface area (Å²) in [5.41, 5.74) is 0. The van der Waals surface area contributed by atoms with Gasteiger partial charge >= 0.3 is 5.97 Å². The first-order chi connectivity index (χ1) is 41.0. The zero-order valence-corrected chi connectivity index (χ0v) is 55.9. The molecule has 0 fully saturated rings. The van der Waals surface area contributed by atoms with Crippen molar-refractivity contribution in [1.29, 1.82) is 0 Å². The quantitative estimate of drug-likeness (QED) is 0.0320. The second-order valence-corrected chi connectivity index (χ2v) is 25.6. The van der Waals surface area contributed by atoms with Crippen molar-refractivity contribution in [2.45, 2.75) is 418 Å². The maximum Gasteiger partial charge on any atom is 0.305 e. The largest absolute Gasteiger partial charge is 0.466 e. The third kappa shape index (κ3) is 68.8. The maximum atomic E-state index is 12.5.